The minimum atomic E-state index is -0.767. The second-order valence-electron chi connectivity index (χ2n) is 5.50. The summed E-state index contributed by atoms with van der Waals surface area (Å²) in [5, 5.41) is 14.0. The van der Waals surface area contributed by atoms with Gasteiger partial charge in [-0.05, 0) is 38.9 Å². The summed E-state index contributed by atoms with van der Waals surface area (Å²) in [7, 11) is 2.02. The van der Waals surface area contributed by atoms with Crippen LogP contribution in [0.4, 0.5) is 0 Å². The number of hydrogen-bond donors (Lipinski definition) is 2. The number of aliphatic hydroxyl groups is 1. The summed E-state index contributed by atoms with van der Waals surface area (Å²) in [5.41, 5.74) is 0.230. The predicted octanol–water partition coefficient (Wildman–Crippen LogP) is 1.58. The van der Waals surface area contributed by atoms with E-state index < -0.39 is 5.60 Å². The van der Waals surface area contributed by atoms with E-state index in [1.807, 2.05) is 44.3 Å². The Kier molecular flexibility index (Phi) is 4.38. The summed E-state index contributed by atoms with van der Waals surface area (Å²) in [6.45, 7) is 4.72. The van der Waals surface area contributed by atoms with Crippen LogP contribution in [-0.2, 0) is 5.60 Å². The molecular formula is C15H24N2O. The Bertz CT molecular complexity index is 364. The summed E-state index contributed by atoms with van der Waals surface area (Å²) in [4.78, 5) is 2.36. The van der Waals surface area contributed by atoms with Crippen molar-refractivity contribution in [1.82, 2.24) is 10.2 Å². The maximum atomic E-state index is 10.6. The van der Waals surface area contributed by atoms with Crippen molar-refractivity contribution in [2.24, 2.45) is 0 Å². The molecule has 100 valence electrons. The van der Waals surface area contributed by atoms with E-state index in [4.69, 9.17) is 0 Å². The second-order valence-corrected chi connectivity index (χ2v) is 5.50. The third kappa shape index (κ3) is 3.31. The molecule has 3 heteroatoms. The summed E-state index contributed by atoms with van der Waals surface area (Å²) in [5.74, 6) is 0. The molecule has 0 aromatic heterocycles. The van der Waals surface area contributed by atoms with Crippen LogP contribution in [0.15, 0.2) is 30.3 Å². The Morgan fingerprint density at radius 1 is 1.39 bits per heavy atom. The average molecular weight is 248 g/mol. The lowest BCUT2D eigenvalue weighted by atomic mass is 9.94. The number of nitrogens with one attached hydrogen (secondary N) is 1. The molecule has 0 aliphatic carbocycles. The molecule has 2 atom stereocenters. The van der Waals surface area contributed by atoms with Crippen LogP contribution in [0, 0.1) is 0 Å². The zero-order valence-electron chi connectivity index (χ0n) is 11.4. The lowest BCUT2D eigenvalue weighted by Crippen LogP contribution is -2.48. The topological polar surface area (TPSA) is 35.5 Å². The van der Waals surface area contributed by atoms with E-state index >= 15 is 0 Å². The molecule has 3 nitrogen and oxygen atoms in total. The Balaban J connectivity index is 1.99. The Morgan fingerprint density at radius 3 is 2.78 bits per heavy atom. The zero-order valence-corrected chi connectivity index (χ0v) is 11.4. The van der Waals surface area contributed by atoms with Crippen LogP contribution in [-0.4, -0.2) is 42.7 Å². The molecule has 18 heavy (non-hydrogen) atoms. The third-order valence-corrected chi connectivity index (χ3v) is 3.84. The molecule has 1 heterocycles. The molecule has 1 aromatic carbocycles. The number of likely N-dealkylation sites (N-methyl/N-ethyl adjacent to an activating group) is 1. The molecule has 0 radical (unpaired) electrons. The quantitative estimate of drug-likeness (QED) is 0.849. The van der Waals surface area contributed by atoms with E-state index in [0.29, 0.717) is 12.6 Å². The lowest BCUT2D eigenvalue weighted by molar-refractivity contribution is 0.00687. The minimum Gasteiger partial charge on any atom is -0.384 e. The van der Waals surface area contributed by atoms with Crippen LogP contribution in [0.25, 0.3) is 0 Å². The third-order valence-electron chi connectivity index (χ3n) is 3.84. The van der Waals surface area contributed by atoms with Gasteiger partial charge in [0.1, 0.15) is 0 Å². The van der Waals surface area contributed by atoms with Gasteiger partial charge in [-0.1, -0.05) is 30.3 Å². The molecule has 1 aromatic rings. The highest BCUT2D eigenvalue weighted by Crippen LogP contribution is 2.23. The van der Waals surface area contributed by atoms with E-state index in [0.717, 1.165) is 18.7 Å². The minimum absolute atomic E-state index is 0.560. The molecule has 2 N–H and O–H groups in total. The summed E-state index contributed by atoms with van der Waals surface area (Å²) < 4.78 is 0. The summed E-state index contributed by atoms with van der Waals surface area (Å²) in [6.07, 6.45) is 2.44. The van der Waals surface area contributed by atoms with Gasteiger partial charge >= 0.3 is 0 Å². The van der Waals surface area contributed by atoms with Crippen molar-refractivity contribution in [3.8, 4) is 0 Å². The fourth-order valence-electron chi connectivity index (χ4n) is 2.76. The second kappa shape index (κ2) is 5.83. The number of nitrogens with zero attached hydrogens (tertiary/aromatic N) is 1. The van der Waals surface area contributed by atoms with Gasteiger partial charge in [0, 0.05) is 19.1 Å². The maximum Gasteiger partial charge on any atom is 0.0994 e. The van der Waals surface area contributed by atoms with E-state index in [1.54, 1.807) is 0 Å². The first kappa shape index (κ1) is 13.5. The van der Waals surface area contributed by atoms with Gasteiger partial charge in [0.2, 0.25) is 0 Å². The van der Waals surface area contributed by atoms with Crippen LogP contribution in [0.1, 0.15) is 25.3 Å². The molecule has 1 aliphatic rings. The number of rotatable bonds is 4. The molecule has 1 fully saturated rings. The van der Waals surface area contributed by atoms with Crippen molar-refractivity contribution in [3.05, 3.63) is 35.9 Å². The predicted molar refractivity (Wildman–Crippen MR) is 74.5 cm³/mol. The Labute approximate surface area is 110 Å². The molecule has 1 aliphatic heterocycles. The molecule has 0 bridgehead atoms. The fraction of sp³-hybridized carbons (Fsp3) is 0.600. The first-order valence-electron chi connectivity index (χ1n) is 6.79. The van der Waals surface area contributed by atoms with Crippen LogP contribution >= 0.6 is 0 Å². The number of β-amino-alcohol motifs (C(OH)–C–C–N with tert-alkyl or cyclic N) is 1. The van der Waals surface area contributed by atoms with Gasteiger partial charge in [-0.15, -0.1) is 0 Å². The van der Waals surface area contributed by atoms with Crippen molar-refractivity contribution in [2.45, 2.75) is 31.4 Å². The van der Waals surface area contributed by atoms with E-state index in [-0.39, 0.29) is 0 Å². The molecule has 2 unspecified atom stereocenters. The number of benzene rings is 1. The van der Waals surface area contributed by atoms with E-state index in [1.165, 1.54) is 12.8 Å². The molecule has 0 amide bonds. The molecule has 0 spiro atoms. The van der Waals surface area contributed by atoms with Crippen molar-refractivity contribution >= 4 is 0 Å². The zero-order chi connectivity index (χ0) is 13.0. The number of hydrogen-bond acceptors (Lipinski definition) is 3. The van der Waals surface area contributed by atoms with Gasteiger partial charge in [-0.2, -0.15) is 0 Å². The SMILES string of the molecule is CNC1CCCN(CC(C)(O)c2ccccc2)C1. The van der Waals surface area contributed by atoms with E-state index in [9.17, 15) is 5.11 Å². The van der Waals surface area contributed by atoms with Gasteiger partial charge in [0.15, 0.2) is 0 Å². The van der Waals surface area contributed by atoms with Crippen LogP contribution in [0.3, 0.4) is 0 Å². The first-order valence-corrected chi connectivity index (χ1v) is 6.79. The van der Waals surface area contributed by atoms with Crippen LogP contribution in [0.2, 0.25) is 0 Å². The van der Waals surface area contributed by atoms with Crippen molar-refractivity contribution < 1.29 is 5.11 Å². The lowest BCUT2D eigenvalue weighted by Gasteiger charge is -2.37. The standard InChI is InChI=1S/C15H24N2O/c1-15(18,13-7-4-3-5-8-13)12-17-10-6-9-14(11-17)16-2/h3-5,7-8,14,16,18H,6,9-12H2,1-2H3. The van der Waals surface area contributed by atoms with Crippen molar-refractivity contribution in [1.29, 1.82) is 0 Å². The number of likely N-dealkylation sites (tertiary alicyclic amines) is 1. The maximum absolute atomic E-state index is 10.6. The summed E-state index contributed by atoms with van der Waals surface area (Å²) >= 11 is 0. The molecule has 0 saturated carbocycles. The van der Waals surface area contributed by atoms with Crippen LogP contribution < -0.4 is 5.32 Å². The largest absolute Gasteiger partial charge is 0.384 e. The smallest absolute Gasteiger partial charge is 0.0994 e. The van der Waals surface area contributed by atoms with Gasteiger partial charge in [0.25, 0.3) is 0 Å². The van der Waals surface area contributed by atoms with Gasteiger partial charge < -0.3 is 10.4 Å². The fourth-order valence-corrected chi connectivity index (χ4v) is 2.76. The normalized spacial score (nSPS) is 24.7. The highest BCUT2D eigenvalue weighted by Gasteiger charge is 2.28. The average Bonchev–Trinajstić information content (AvgIpc) is 2.39. The molecule has 2 rings (SSSR count). The Hall–Kier alpha value is -0.900. The van der Waals surface area contributed by atoms with Crippen molar-refractivity contribution in [3.63, 3.8) is 0 Å². The molecular weight excluding hydrogens is 224 g/mol. The summed E-state index contributed by atoms with van der Waals surface area (Å²) in [6, 6.07) is 10.5. The monoisotopic (exact) mass is 248 g/mol. The van der Waals surface area contributed by atoms with Crippen molar-refractivity contribution in [2.75, 3.05) is 26.7 Å². The van der Waals surface area contributed by atoms with Gasteiger partial charge in [-0.3, -0.25) is 4.90 Å². The molecule has 1 saturated heterocycles. The first-order chi connectivity index (χ1) is 8.62. The van der Waals surface area contributed by atoms with Crippen LogP contribution in [0.5, 0.6) is 0 Å². The van der Waals surface area contributed by atoms with E-state index in [2.05, 4.69) is 10.2 Å². The van der Waals surface area contributed by atoms with Gasteiger partial charge in [0.05, 0.1) is 5.60 Å². The highest BCUT2D eigenvalue weighted by atomic mass is 16.3. The van der Waals surface area contributed by atoms with Gasteiger partial charge in [-0.25, -0.2) is 0 Å². The highest BCUT2D eigenvalue weighted by molar-refractivity contribution is 5.21. The number of piperidine rings is 1. The Morgan fingerprint density at radius 2 is 2.11 bits per heavy atom.